The van der Waals surface area contributed by atoms with Gasteiger partial charge in [-0.05, 0) is 6.42 Å². The van der Waals surface area contributed by atoms with Gasteiger partial charge in [-0.2, -0.15) is 23.5 Å². The Morgan fingerprint density at radius 3 is 2.28 bits per heavy atom. The van der Waals surface area contributed by atoms with Gasteiger partial charge < -0.3 is 15.7 Å². The maximum Gasteiger partial charge on any atom is 0.320 e. The summed E-state index contributed by atoms with van der Waals surface area (Å²) in [5.41, 5.74) is 0. The van der Waals surface area contributed by atoms with Crippen LogP contribution in [0.4, 0.5) is 0 Å². The largest absolute Gasteiger partial charge is 0.480 e. The first-order valence-corrected chi connectivity index (χ1v) is 7.94. The van der Waals surface area contributed by atoms with Gasteiger partial charge in [-0.1, -0.05) is 0 Å². The monoisotopic (exact) mass is 334 g/mol. The molecule has 0 aromatic rings. The lowest BCUT2D eigenvalue weighted by atomic mass is 10.1. The van der Waals surface area contributed by atoms with E-state index >= 15 is 0 Å². The fourth-order valence-corrected chi connectivity index (χ4v) is 4.52. The average Bonchev–Trinajstić information content (AvgIpc) is 2.56. The molecule has 0 spiro atoms. The van der Waals surface area contributed by atoms with Crippen LogP contribution in [0.2, 0.25) is 0 Å². The summed E-state index contributed by atoms with van der Waals surface area (Å²) in [4.78, 5) is 10.8. The van der Waals surface area contributed by atoms with Crippen molar-refractivity contribution in [2.24, 2.45) is 0 Å². The van der Waals surface area contributed by atoms with Crippen LogP contribution in [0.25, 0.3) is 0 Å². The predicted octanol–water partition coefficient (Wildman–Crippen LogP) is 1.08. The van der Waals surface area contributed by atoms with E-state index in [0.29, 0.717) is 18.5 Å². The van der Waals surface area contributed by atoms with Gasteiger partial charge in [-0.3, -0.25) is 4.79 Å². The van der Waals surface area contributed by atoms with Crippen LogP contribution in [-0.4, -0.2) is 58.8 Å². The van der Waals surface area contributed by atoms with Gasteiger partial charge in [0, 0.05) is 41.6 Å². The minimum absolute atomic E-state index is 0. The van der Waals surface area contributed by atoms with E-state index in [2.05, 4.69) is 10.6 Å². The lowest BCUT2D eigenvalue weighted by Crippen LogP contribution is -2.42. The molecule has 3 N–H and O–H groups in total. The second-order valence-corrected chi connectivity index (χ2v) is 6.54. The molecule has 2 fully saturated rings. The molecule has 18 heavy (non-hydrogen) atoms. The Bertz CT molecular complexity index is 254. The van der Waals surface area contributed by atoms with E-state index in [1.807, 2.05) is 23.5 Å². The molecule has 0 bridgehead atoms. The topological polar surface area (TPSA) is 61.4 Å². The van der Waals surface area contributed by atoms with Crippen molar-refractivity contribution in [3.05, 3.63) is 0 Å². The first-order chi connectivity index (χ1) is 7.75. The first kappa shape index (κ1) is 18.7. The van der Waals surface area contributed by atoms with E-state index in [0.717, 1.165) is 18.1 Å². The Morgan fingerprint density at radius 2 is 1.78 bits per heavy atom. The third-order valence-corrected chi connectivity index (χ3v) is 5.43. The van der Waals surface area contributed by atoms with Crippen molar-refractivity contribution in [1.82, 2.24) is 10.6 Å². The summed E-state index contributed by atoms with van der Waals surface area (Å²) >= 11 is 3.99. The molecule has 2 aliphatic rings. The Hall–Kier alpha value is 0.670. The minimum Gasteiger partial charge on any atom is -0.480 e. The summed E-state index contributed by atoms with van der Waals surface area (Å²) in [6.45, 7) is 0.781. The second kappa shape index (κ2) is 9.55. The summed E-state index contributed by atoms with van der Waals surface area (Å²) < 4.78 is 0. The molecule has 0 unspecified atom stereocenters. The van der Waals surface area contributed by atoms with Crippen molar-refractivity contribution in [3.8, 4) is 0 Å². The third kappa shape index (κ3) is 5.75. The van der Waals surface area contributed by atoms with Crippen molar-refractivity contribution in [2.75, 3.05) is 29.6 Å². The van der Waals surface area contributed by atoms with Crippen LogP contribution in [-0.2, 0) is 4.79 Å². The highest BCUT2D eigenvalue weighted by Crippen LogP contribution is 2.18. The fourth-order valence-electron chi connectivity index (χ4n) is 2.10. The summed E-state index contributed by atoms with van der Waals surface area (Å²) in [6, 6.07) is 0.505. The molecule has 0 aromatic carbocycles. The van der Waals surface area contributed by atoms with Gasteiger partial charge in [0.1, 0.15) is 6.04 Å². The van der Waals surface area contributed by atoms with Crippen LogP contribution in [0.1, 0.15) is 6.42 Å². The number of carboxylic acid groups (broad SMARTS) is 1. The van der Waals surface area contributed by atoms with E-state index < -0.39 is 5.97 Å². The zero-order valence-corrected chi connectivity index (χ0v) is 13.2. The number of halogens is 2. The van der Waals surface area contributed by atoms with E-state index in [9.17, 15) is 4.79 Å². The quantitative estimate of drug-likeness (QED) is 0.718. The van der Waals surface area contributed by atoms with Crippen LogP contribution in [0.5, 0.6) is 0 Å². The molecule has 0 radical (unpaired) electrons. The standard InChI is InChI=1S/C10H18N2O2S2.2ClH/c13-10(14)9-3-7(4-11-9)12-8-5-15-1-2-16-6-8;;/h7-9,11-12H,1-6H2,(H,13,14);2*1H/t7-,9-;;/m0../s1. The van der Waals surface area contributed by atoms with E-state index in [-0.39, 0.29) is 30.9 Å². The van der Waals surface area contributed by atoms with Crippen molar-refractivity contribution in [2.45, 2.75) is 24.5 Å². The van der Waals surface area contributed by atoms with Crippen molar-refractivity contribution in [1.29, 1.82) is 0 Å². The van der Waals surface area contributed by atoms with E-state index in [1.165, 1.54) is 11.5 Å². The van der Waals surface area contributed by atoms with Crippen molar-refractivity contribution in [3.63, 3.8) is 0 Å². The van der Waals surface area contributed by atoms with Crippen LogP contribution in [0, 0.1) is 0 Å². The maximum atomic E-state index is 10.8. The molecule has 108 valence electrons. The van der Waals surface area contributed by atoms with Gasteiger partial charge in [0.05, 0.1) is 0 Å². The molecule has 0 aliphatic carbocycles. The number of thioether (sulfide) groups is 2. The fraction of sp³-hybridized carbons (Fsp3) is 0.900. The smallest absolute Gasteiger partial charge is 0.320 e. The molecule has 2 aliphatic heterocycles. The molecule has 2 saturated heterocycles. The zero-order valence-electron chi connectivity index (χ0n) is 9.96. The molecule has 2 atom stereocenters. The third-order valence-electron chi connectivity index (χ3n) is 2.91. The number of aliphatic carboxylic acids is 1. The lowest BCUT2D eigenvalue weighted by Gasteiger charge is -2.20. The Balaban J connectivity index is 0.00000144. The van der Waals surface area contributed by atoms with Crippen molar-refractivity contribution < 1.29 is 9.90 Å². The van der Waals surface area contributed by atoms with Gasteiger partial charge in [0.25, 0.3) is 0 Å². The van der Waals surface area contributed by atoms with Crippen LogP contribution < -0.4 is 10.6 Å². The van der Waals surface area contributed by atoms with Crippen LogP contribution >= 0.6 is 48.3 Å². The molecule has 2 heterocycles. The average molecular weight is 335 g/mol. The van der Waals surface area contributed by atoms with Gasteiger partial charge in [0.15, 0.2) is 0 Å². The molecule has 0 saturated carbocycles. The molecule has 2 rings (SSSR count). The number of rotatable bonds is 3. The highest BCUT2D eigenvalue weighted by molar-refractivity contribution is 8.03. The zero-order chi connectivity index (χ0) is 11.4. The summed E-state index contributed by atoms with van der Waals surface area (Å²) in [5.74, 6) is 4.06. The summed E-state index contributed by atoms with van der Waals surface area (Å²) in [7, 11) is 0. The normalized spacial score (nSPS) is 28.9. The predicted molar refractivity (Wildman–Crippen MR) is 83.9 cm³/mol. The Morgan fingerprint density at radius 1 is 1.17 bits per heavy atom. The van der Waals surface area contributed by atoms with Gasteiger partial charge in [0.2, 0.25) is 0 Å². The Labute approximate surface area is 129 Å². The van der Waals surface area contributed by atoms with Gasteiger partial charge in [-0.25, -0.2) is 0 Å². The minimum atomic E-state index is -0.728. The number of nitrogens with one attached hydrogen (secondary N) is 2. The summed E-state index contributed by atoms with van der Waals surface area (Å²) in [5, 5.41) is 15.5. The first-order valence-electron chi connectivity index (χ1n) is 5.63. The second-order valence-electron chi connectivity index (χ2n) is 4.25. The number of carbonyl (C=O) groups is 1. The molecule has 8 heteroatoms. The molecule has 0 aromatic heterocycles. The lowest BCUT2D eigenvalue weighted by molar-refractivity contribution is -0.139. The number of hydrogen-bond acceptors (Lipinski definition) is 5. The van der Waals surface area contributed by atoms with Crippen LogP contribution in [0.15, 0.2) is 0 Å². The molecule has 0 amide bonds. The highest BCUT2D eigenvalue weighted by Gasteiger charge is 2.30. The van der Waals surface area contributed by atoms with Gasteiger partial charge >= 0.3 is 5.97 Å². The van der Waals surface area contributed by atoms with Crippen LogP contribution in [0.3, 0.4) is 0 Å². The molecular formula is C10H20Cl2N2O2S2. The number of carboxylic acids is 1. The van der Waals surface area contributed by atoms with E-state index in [4.69, 9.17) is 5.11 Å². The van der Waals surface area contributed by atoms with Crippen molar-refractivity contribution >= 4 is 54.3 Å². The summed E-state index contributed by atoms with van der Waals surface area (Å²) in [6.07, 6.45) is 0.709. The Kier molecular flexibility index (Phi) is 9.91. The highest BCUT2D eigenvalue weighted by atomic mass is 35.5. The molecule has 4 nitrogen and oxygen atoms in total. The number of hydrogen-bond donors (Lipinski definition) is 3. The maximum absolute atomic E-state index is 10.8. The molecular weight excluding hydrogens is 315 g/mol. The van der Waals surface area contributed by atoms with Gasteiger partial charge in [-0.15, -0.1) is 24.8 Å². The van der Waals surface area contributed by atoms with E-state index in [1.54, 1.807) is 0 Å². The SMILES string of the molecule is Cl.Cl.O=C(O)[C@@H]1C[C@H](NC2CSCCSC2)CN1.